The van der Waals surface area contributed by atoms with E-state index in [-0.39, 0.29) is 0 Å². The molecule has 0 amide bonds. The summed E-state index contributed by atoms with van der Waals surface area (Å²) in [5, 5.41) is 9.62. The minimum atomic E-state index is 0.291. The van der Waals surface area contributed by atoms with Crippen LogP contribution in [0.5, 0.6) is 0 Å². The molecular formula is C14H20O. The first kappa shape index (κ1) is 13.5. The Morgan fingerprint density at radius 2 is 1.60 bits per heavy atom. The van der Waals surface area contributed by atoms with Crippen molar-refractivity contribution in [3.05, 3.63) is 59.4 Å². The maximum Gasteiger partial charge on any atom is 0.114 e. The van der Waals surface area contributed by atoms with Crippen LogP contribution >= 0.6 is 0 Å². The monoisotopic (exact) mass is 204 g/mol. The zero-order chi connectivity index (χ0) is 12.0. The Balaban J connectivity index is 5.31. The van der Waals surface area contributed by atoms with Crippen LogP contribution < -0.4 is 0 Å². The molecule has 0 saturated heterocycles. The van der Waals surface area contributed by atoms with Crippen molar-refractivity contribution in [3.63, 3.8) is 0 Å². The fourth-order valence-corrected chi connectivity index (χ4v) is 1.17. The molecule has 0 aliphatic rings. The van der Waals surface area contributed by atoms with Gasteiger partial charge in [-0.3, -0.25) is 0 Å². The first-order valence-corrected chi connectivity index (χ1v) is 4.96. The van der Waals surface area contributed by atoms with E-state index in [2.05, 4.69) is 13.2 Å². The van der Waals surface area contributed by atoms with Gasteiger partial charge in [-0.2, -0.15) is 0 Å². The Morgan fingerprint density at radius 1 is 1.07 bits per heavy atom. The van der Waals surface area contributed by atoms with E-state index in [1.54, 1.807) is 13.0 Å². The highest BCUT2D eigenvalue weighted by Crippen LogP contribution is 2.19. The van der Waals surface area contributed by atoms with Crippen LogP contribution in [-0.4, -0.2) is 5.11 Å². The summed E-state index contributed by atoms with van der Waals surface area (Å²) < 4.78 is 0. The predicted molar refractivity (Wildman–Crippen MR) is 67.9 cm³/mol. The molecule has 0 rings (SSSR count). The quantitative estimate of drug-likeness (QED) is 0.529. The van der Waals surface area contributed by atoms with E-state index in [0.29, 0.717) is 5.76 Å². The largest absolute Gasteiger partial charge is 0.508 e. The average molecular weight is 204 g/mol. The standard InChI is InChI=1S/C14H20O/c1-7-14(15)12(6)13(11(4)5)9-8-10(2)3/h7-9,15H,2,4H2,1,3,5-6H3/b9-8-,13-12-,14-7+. The molecule has 0 radical (unpaired) electrons. The second-order valence-electron chi connectivity index (χ2n) is 3.67. The smallest absolute Gasteiger partial charge is 0.114 e. The van der Waals surface area contributed by atoms with E-state index >= 15 is 0 Å². The molecule has 0 fully saturated rings. The number of aliphatic hydroxyl groups excluding tert-OH is 1. The minimum absolute atomic E-state index is 0.291. The number of aliphatic hydroxyl groups is 1. The van der Waals surface area contributed by atoms with Crippen LogP contribution in [0.1, 0.15) is 27.7 Å². The molecule has 1 N–H and O–H groups in total. The minimum Gasteiger partial charge on any atom is -0.508 e. The Kier molecular flexibility index (Phi) is 5.46. The van der Waals surface area contributed by atoms with Crippen molar-refractivity contribution in [2.24, 2.45) is 0 Å². The molecule has 0 saturated carbocycles. The van der Waals surface area contributed by atoms with Crippen LogP contribution in [0.15, 0.2) is 59.4 Å². The van der Waals surface area contributed by atoms with Gasteiger partial charge >= 0.3 is 0 Å². The SMILES string of the molecule is C=C(C)\C=C/C(C(=C)C)=C(C)/C(O)=C\C. The van der Waals surface area contributed by atoms with Crippen LogP contribution in [0, 0.1) is 0 Å². The van der Waals surface area contributed by atoms with Crippen LogP contribution in [0.3, 0.4) is 0 Å². The summed E-state index contributed by atoms with van der Waals surface area (Å²) >= 11 is 0. The summed E-state index contributed by atoms with van der Waals surface area (Å²) in [7, 11) is 0. The highest BCUT2D eigenvalue weighted by molar-refractivity contribution is 5.47. The van der Waals surface area contributed by atoms with Gasteiger partial charge in [0, 0.05) is 0 Å². The van der Waals surface area contributed by atoms with Gasteiger partial charge in [-0.05, 0) is 44.9 Å². The molecule has 0 unspecified atom stereocenters. The molecule has 0 heterocycles. The molecule has 1 heteroatoms. The van der Waals surface area contributed by atoms with Gasteiger partial charge in [0.25, 0.3) is 0 Å². The van der Waals surface area contributed by atoms with Gasteiger partial charge in [0.05, 0.1) is 0 Å². The Morgan fingerprint density at radius 3 is 1.93 bits per heavy atom. The number of hydrogen-bond acceptors (Lipinski definition) is 1. The van der Waals surface area contributed by atoms with Gasteiger partial charge in [0.15, 0.2) is 0 Å². The molecule has 15 heavy (non-hydrogen) atoms. The van der Waals surface area contributed by atoms with E-state index in [1.165, 1.54) is 0 Å². The summed E-state index contributed by atoms with van der Waals surface area (Å²) in [6.45, 7) is 15.2. The van der Waals surface area contributed by atoms with Crippen LogP contribution in [0.2, 0.25) is 0 Å². The van der Waals surface area contributed by atoms with E-state index < -0.39 is 0 Å². The zero-order valence-corrected chi connectivity index (χ0v) is 10.1. The third kappa shape index (κ3) is 4.50. The van der Waals surface area contributed by atoms with Crippen molar-refractivity contribution in [2.45, 2.75) is 27.7 Å². The maximum absolute atomic E-state index is 9.62. The van der Waals surface area contributed by atoms with E-state index in [0.717, 1.165) is 22.3 Å². The lowest BCUT2D eigenvalue weighted by Crippen LogP contribution is -1.91. The molecule has 0 atom stereocenters. The van der Waals surface area contributed by atoms with Gasteiger partial charge in [0.1, 0.15) is 5.76 Å². The van der Waals surface area contributed by atoms with Crippen molar-refractivity contribution < 1.29 is 5.11 Å². The summed E-state index contributed by atoms with van der Waals surface area (Å²) in [6, 6.07) is 0. The lowest BCUT2D eigenvalue weighted by Gasteiger charge is -2.07. The summed E-state index contributed by atoms with van der Waals surface area (Å²) in [4.78, 5) is 0. The van der Waals surface area contributed by atoms with E-state index in [4.69, 9.17) is 0 Å². The Labute approximate surface area is 92.8 Å². The molecular weight excluding hydrogens is 184 g/mol. The predicted octanol–water partition coefficient (Wildman–Crippen LogP) is 4.47. The van der Waals surface area contributed by atoms with Crippen LogP contribution in [-0.2, 0) is 0 Å². The number of allylic oxidation sites excluding steroid dienone is 7. The first-order chi connectivity index (χ1) is 6.90. The highest BCUT2D eigenvalue weighted by Gasteiger charge is 2.03. The zero-order valence-electron chi connectivity index (χ0n) is 10.1. The van der Waals surface area contributed by atoms with Gasteiger partial charge in [-0.25, -0.2) is 0 Å². The average Bonchev–Trinajstić information content (AvgIpc) is 2.15. The van der Waals surface area contributed by atoms with E-state index in [9.17, 15) is 5.11 Å². The van der Waals surface area contributed by atoms with Crippen LogP contribution in [0.4, 0.5) is 0 Å². The number of hydrogen-bond donors (Lipinski definition) is 1. The number of rotatable bonds is 4. The Hall–Kier alpha value is -1.50. The van der Waals surface area contributed by atoms with Gasteiger partial charge in [-0.1, -0.05) is 36.5 Å². The lowest BCUT2D eigenvalue weighted by atomic mass is 10.0. The Bertz CT molecular complexity index is 352. The van der Waals surface area contributed by atoms with Crippen molar-refractivity contribution in [1.82, 2.24) is 0 Å². The molecule has 0 aliphatic carbocycles. The highest BCUT2D eigenvalue weighted by atomic mass is 16.3. The fraction of sp³-hybridized carbons (Fsp3) is 0.286. The van der Waals surface area contributed by atoms with Gasteiger partial charge < -0.3 is 5.11 Å². The second kappa shape index (κ2) is 6.07. The van der Waals surface area contributed by atoms with Crippen LogP contribution in [0.25, 0.3) is 0 Å². The normalized spacial score (nSPS) is 14.0. The molecule has 0 bridgehead atoms. The van der Waals surface area contributed by atoms with Crippen molar-refractivity contribution in [3.8, 4) is 0 Å². The maximum atomic E-state index is 9.62. The molecule has 0 aromatic heterocycles. The first-order valence-electron chi connectivity index (χ1n) is 4.96. The molecule has 0 aliphatic heterocycles. The molecule has 82 valence electrons. The molecule has 1 nitrogen and oxygen atoms in total. The third-order valence-electron chi connectivity index (χ3n) is 2.06. The third-order valence-corrected chi connectivity index (χ3v) is 2.06. The lowest BCUT2D eigenvalue weighted by molar-refractivity contribution is 0.421. The summed E-state index contributed by atoms with van der Waals surface area (Å²) in [5.74, 6) is 0.291. The molecule has 0 aromatic carbocycles. The van der Waals surface area contributed by atoms with Gasteiger partial charge in [0.2, 0.25) is 0 Å². The van der Waals surface area contributed by atoms with Crippen molar-refractivity contribution >= 4 is 0 Å². The summed E-state index contributed by atoms with van der Waals surface area (Å²) in [6.07, 6.45) is 5.52. The van der Waals surface area contributed by atoms with Crippen molar-refractivity contribution in [1.29, 1.82) is 0 Å². The van der Waals surface area contributed by atoms with E-state index in [1.807, 2.05) is 32.9 Å². The van der Waals surface area contributed by atoms with Crippen molar-refractivity contribution in [2.75, 3.05) is 0 Å². The second-order valence-corrected chi connectivity index (χ2v) is 3.67. The summed E-state index contributed by atoms with van der Waals surface area (Å²) in [5.41, 5.74) is 3.69. The fourth-order valence-electron chi connectivity index (χ4n) is 1.17. The topological polar surface area (TPSA) is 20.2 Å². The molecule has 0 spiro atoms. The molecule has 0 aromatic rings. The van der Waals surface area contributed by atoms with Gasteiger partial charge in [-0.15, -0.1) is 0 Å².